The predicted octanol–water partition coefficient (Wildman–Crippen LogP) is 2.71. The maximum atomic E-state index is 11.9. The van der Waals surface area contributed by atoms with Crippen LogP contribution in [0.25, 0.3) is 0 Å². The van der Waals surface area contributed by atoms with Gasteiger partial charge in [0, 0.05) is 25.5 Å². The molecule has 6 heteroatoms. The van der Waals surface area contributed by atoms with Crippen molar-refractivity contribution in [2.75, 3.05) is 45.3 Å². The van der Waals surface area contributed by atoms with Crippen LogP contribution in [0.1, 0.15) is 6.42 Å². The van der Waals surface area contributed by atoms with Gasteiger partial charge in [-0.05, 0) is 37.2 Å². The molecule has 0 unspecified atom stereocenters. The van der Waals surface area contributed by atoms with Crippen LogP contribution < -0.4 is 20.1 Å². The Hall–Kier alpha value is -2.57. The zero-order valence-electron chi connectivity index (χ0n) is 15.1. The lowest BCUT2D eigenvalue weighted by molar-refractivity contribution is -0.115. The van der Waals surface area contributed by atoms with E-state index in [1.807, 2.05) is 48.5 Å². The molecule has 0 saturated heterocycles. The standard InChI is InChI=1S/C20H26N2O4/c1-24-12-6-11-21-16-20(23)22-17-7-5-10-19(15-17)26-14-13-25-18-8-3-2-4-9-18/h2-5,7-10,15,21H,6,11-14,16H2,1H3,(H,22,23). The number of carbonyl (C=O) groups excluding carboxylic acids is 1. The Balaban J connectivity index is 1.67. The van der Waals surface area contributed by atoms with Crippen molar-refractivity contribution in [2.24, 2.45) is 0 Å². The fraction of sp³-hybridized carbons (Fsp3) is 0.350. The molecule has 0 spiro atoms. The second-order valence-corrected chi connectivity index (χ2v) is 5.61. The van der Waals surface area contributed by atoms with Crippen LogP contribution in [-0.2, 0) is 9.53 Å². The number of carbonyl (C=O) groups is 1. The Kier molecular flexibility index (Phi) is 9.03. The molecule has 1 amide bonds. The molecule has 6 nitrogen and oxygen atoms in total. The number of para-hydroxylation sites is 1. The summed E-state index contributed by atoms with van der Waals surface area (Å²) in [6.45, 7) is 2.56. The maximum Gasteiger partial charge on any atom is 0.238 e. The van der Waals surface area contributed by atoms with E-state index >= 15 is 0 Å². The van der Waals surface area contributed by atoms with Gasteiger partial charge in [-0.2, -0.15) is 0 Å². The normalized spacial score (nSPS) is 10.3. The van der Waals surface area contributed by atoms with Gasteiger partial charge in [-0.3, -0.25) is 4.79 Å². The molecule has 0 aliphatic rings. The zero-order chi connectivity index (χ0) is 18.5. The van der Waals surface area contributed by atoms with E-state index in [1.165, 1.54) is 0 Å². The number of hydrogen-bond donors (Lipinski definition) is 2. The molecule has 0 aliphatic heterocycles. The van der Waals surface area contributed by atoms with E-state index < -0.39 is 0 Å². The van der Waals surface area contributed by atoms with E-state index in [9.17, 15) is 4.79 Å². The summed E-state index contributed by atoms with van der Waals surface area (Å²) in [6.07, 6.45) is 0.873. The molecule has 0 radical (unpaired) electrons. The average Bonchev–Trinajstić information content (AvgIpc) is 2.66. The zero-order valence-corrected chi connectivity index (χ0v) is 15.1. The second-order valence-electron chi connectivity index (χ2n) is 5.61. The van der Waals surface area contributed by atoms with Crippen LogP contribution >= 0.6 is 0 Å². The molecule has 2 rings (SSSR count). The van der Waals surface area contributed by atoms with Crippen molar-refractivity contribution in [2.45, 2.75) is 6.42 Å². The number of hydrogen-bond acceptors (Lipinski definition) is 5. The largest absolute Gasteiger partial charge is 0.490 e. The Morgan fingerprint density at radius 3 is 2.42 bits per heavy atom. The van der Waals surface area contributed by atoms with Gasteiger partial charge in [-0.15, -0.1) is 0 Å². The van der Waals surface area contributed by atoms with Crippen LogP contribution in [0.3, 0.4) is 0 Å². The molecule has 0 heterocycles. The molecule has 0 aromatic heterocycles. The fourth-order valence-electron chi connectivity index (χ4n) is 2.25. The van der Waals surface area contributed by atoms with Gasteiger partial charge in [0.25, 0.3) is 0 Å². The van der Waals surface area contributed by atoms with E-state index in [0.717, 1.165) is 18.7 Å². The second kappa shape index (κ2) is 11.9. The molecule has 26 heavy (non-hydrogen) atoms. The van der Waals surface area contributed by atoms with Gasteiger partial charge in [-0.1, -0.05) is 24.3 Å². The van der Waals surface area contributed by atoms with E-state index in [2.05, 4.69) is 10.6 Å². The van der Waals surface area contributed by atoms with Crippen molar-refractivity contribution in [3.63, 3.8) is 0 Å². The third kappa shape index (κ3) is 8.00. The van der Waals surface area contributed by atoms with Crippen molar-refractivity contribution >= 4 is 11.6 Å². The van der Waals surface area contributed by atoms with Crippen molar-refractivity contribution in [1.29, 1.82) is 0 Å². The Morgan fingerprint density at radius 1 is 0.923 bits per heavy atom. The maximum absolute atomic E-state index is 11.9. The Labute approximate surface area is 154 Å². The highest BCUT2D eigenvalue weighted by Gasteiger charge is 2.03. The smallest absolute Gasteiger partial charge is 0.238 e. The SMILES string of the molecule is COCCCNCC(=O)Nc1cccc(OCCOc2ccccc2)c1. The number of amides is 1. The molecular weight excluding hydrogens is 332 g/mol. The van der Waals surface area contributed by atoms with E-state index in [1.54, 1.807) is 13.2 Å². The summed E-state index contributed by atoms with van der Waals surface area (Å²) in [5.41, 5.74) is 0.704. The van der Waals surface area contributed by atoms with Crippen LogP contribution in [0.15, 0.2) is 54.6 Å². The summed E-state index contributed by atoms with van der Waals surface area (Å²) in [5, 5.41) is 5.92. The third-order valence-corrected chi connectivity index (χ3v) is 3.47. The number of benzene rings is 2. The molecule has 0 bridgehead atoms. The summed E-state index contributed by atoms with van der Waals surface area (Å²) in [5.74, 6) is 1.41. The summed E-state index contributed by atoms with van der Waals surface area (Å²) < 4.78 is 16.2. The van der Waals surface area contributed by atoms with Crippen LogP contribution in [0.2, 0.25) is 0 Å². The number of methoxy groups -OCH3 is 1. The van der Waals surface area contributed by atoms with E-state index in [-0.39, 0.29) is 12.5 Å². The van der Waals surface area contributed by atoms with Gasteiger partial charge in [0.2, 0.25) is 5.91 Å². The number of nitrogens with one attached hydrogen (secondary N) is 2. The van der Waals surface area contributed by atoms with Crippen LogP contribution in [0.4, 0.5) is 5.69 Å². The molecule has 140 valence electrons. The quantitative estimate of drug-likeness (QED) is 0.571. The minimum Gasteiger partial charge on any atom is -0.490 e. The molecule has 0 atom stereocenters. The summed E-state index contributed by atoms with van der Waals surface area (Å²) in [6, 6.07) is 16.9. The van der Waals surface area contributed by atoms with Crippen molar-refractivity contribution < 1.29 is 19.0 Å². The number of ether oxygens (including phenoxy) is 3. The molecule has 0 saturated carbocycles. The first-order valence-corrected chi connectivity index (χ1v) is 8.68. The van der Waals surface area contributed by atoms with Crippen molar-refractivity contribution in [3.8, 4) is 11.5 Å². The van der Waals surface area contributed by atoms with Crippen LogP contribution in [0.5, 0.6) is 11.5 Å². The fourth-order valence-corrected chi connectivity index (χ4v) is 2.25. The van der Waals surface area contributed by atoms with Gasteiger partial charge >= 0.3 is 0 Å². The first-order valence-electron chi connectivity index (χ1n) is 8.68. The number of anilines is 1. The number of rotatable bonds is 12. The molecule has 2 aromatic rings. The summed E-state index contributed by atoms with van der Waals surface area (Å²) in [4.78, 5) is 11.9. The molecule has 2 N–H and O–H groups in total. The van der Waals surface area contributed by atoms with Crippen LogP contribution in [-0.4, -0.2) is 45.9 Å². The minimum absolute atomic E-state index is 0.0908. The van der Waals surface area contributed by atoms with Gasteiger partial charge in [-0.25, -0.2) is 0 Å². The Morgan fingerprint density at radius 2 is 1.65 bits per heavy atom. The van der Waals surface area contributed by atoms with Gasteiger partial charge < -0.3 is 24.8 Å². The summed E-state index contributed by atoms with van der Waals surface area (Å²) in [7, 11) is 1.66. The van der Waals surface area contributed by atoms with Gasteiger partial charge in [0.1, 0.15) is 24.7 Å². The highest BCUT2D eigenvalue weighted by molar-refractivity contribution is 5.92. The van der Waals surface area contributed by atoms with Crippen molar-refractivity contribution in [3.05, 3.63) is 54.6 Å². The van der Waals surface area contributed by atoms with Crippen LogP contribution in [0, 0.1) is 0 Å². The predicted molar refractivity (Wildman–Crippen MR) is 102 cm³/mol. The average molecular weight is 358 g/mol. The minimum atomic E-state index is -0.0908. The third-order valence-electron chi connectivity index (χ3n) is 3.47. The highest BCUT2D eigenvalue weighted by Crippen LogP contribution is 2.17. The topological polar surface area (TPSA) is 68.8 Å². The monoisotopic (exact) mass is 358 g/mol. The van der Waals surface area contributed by atoms with E-state index in [4.69, 9.17) is 14.2 Å². The molecule has 0 fully saturated rings. The highest BCUT2D eigenvalue weighted by atomic mass is 16.5. The first-order chi connectivity index (χ1) is 12.8. The molecular formula is C20H26N2O4. The lowest BCUT2D eigenvalue weighted by atomic mass is 10.3. The Bertz CT molecular complexity index is 649. The van der Waals surface area contributed by atoms with Gasteiger partial charge in [0.15, 0.2) is 0 Å². The summed E-state index contributed by atoms with van der Waals surface area (Å²) >= 11 is 0. The lowest BCUT2D eigenvalue weighted by Crippen LogP contribution is -2.29. The van der Waals surface area contributed by atoms with Crippen molar-refractivity contribution in [1.82, 2.24) is 5.32 Å². The lowest BCUT2D eigenvalue weighted by Gasteiger charge is -2.10. The van der Waals surface area contributed by atoms with Gasteiger partial charge in [0.05, 0.1) is 6.54 Å². The first kappa shape index (κ1) is 19.8. The van der Waals surface area contributed by atoms with E-state index in [0.29, 0.717) is 31.3 Å². The molecule has 0 aliphatic carbocycles. The molecule has 2 aromatic carbocycles.